The van der Waals surface area contributed by atoms with Crippen LogP contribution in [0.2, 0.25) is 0 Å². The summed E-state index contributed by atoms with van der Waals surface area (Å²) in [5, 5.41) is 9.79. The molecule has 24 heavy (non-hydrogen) atoms. The molecule has 1 aliphatic heterocycles. The van der Waals surface area contributed by atoms with Crippen molar-refractivity contribution in [1.29, 1.82) is 0 Å². The summed E-state index contributed by atoms with van der Waals surface area (Å²) in [7, 11) is 0. The SMILES string of the molecule is Cc1nc(CN2CCC[C@H](NCc3c(C)nc4sccn34)C2)no1. The Kier molecular flexibility index (Phi) is 4.34. The summed E-state index contributed by atoms with van der Waals surface area (Å²) in [4.78, 5) is 12.4. The van der Waals surface area contributed by atoms with Gasteiger partial charge in [0, 0.05) is 37.6 Å². The van der Waals surface area contributed by atoms with Crippen molar-refractivity contribution >= 4 is 16.3 Å². The average Bonchev–Trinajstić information content (AvgIpc) is 3.23. The topological polar surface area (TPSA) is 71.5 Å². The van der Waals surface area contributed by atoms with E-state index < -0.39 is 0 Å². The van der Waals surface area contributed by atoms with E-state index in [2.05, 4.69) is 48.2 Å². The van der Waals surface area contributed by atoms with E-state index in [4.69, 9.17) is 4.52 Å². The van der Waals surface area contributed by atoms with E-state index in [9.17, 15) is 0 Å². The second-order valence-corrected chi connectivity index (χ2v) is 7.26. The summed E-state index contributed by atoms with van der Waals surface area (Å²) < 4.78 is 7.25. The molecule has 0 radical (unpaired) electrons. The summed E-state index contributed by atoms with van der Waals surface area (Å²) in [6.07, 6.45) is 4.49. The molecule has 4 rings (SSSR count). The zero-order chi connectivity index (χ0) is 16.5. The second-order valence-electron chi connectivity index (χ2n) is 6.38. The van der Waals surface area contributed by atoms with Crippen molar-refractivity contribution < 1.29 is 4.52 Å². The Labute approximate surface area is 144 Å². The lowest BCUT2D eigenvalue weighted by atomic mass is 10.1. The van der Waals surface area contributed by atoms with Gasteiger partial charge in [0.2, 0.25) is 5.89 Å². The molecule has 1 saturated heterocycles. The van der Waals surface area contributed by atoms with Crippen LogP contribution in [0.5, 0.6) is 0 Å². The van der Waals surface area contributed by atoms with Crippen molar-refractivity contribution in [3.8, 4) is 0 Å². The maximum absolute atomic E-state index is 5.06. The summed E-state index contributed by atoms with van der Waals surface area (Å²) in [6, 6.07) is 0.482. The number of imidazole rings is 1. The number of nitrogens with zero attached hydrogens (tertiary/aromatic N) is 5. The standard InChI is InChI=1S/C16H22N6OS/c1-11-14(22-6-7-24-16(22)18-11)8-17-13-4-3-5-21(9-13)10-15-19-12(2)23-20-15/h6-7,13,17H,3-5,8-10H2,1-2H3/t13-/m0/s1. The lowest BCUT2D eigenvalue weighted by molar-refractivity contribution is 0.177. The number of aromatic nitrogens is 4. The highest BCUT2D eigenvalue weighted by Gasteiger charge is 2.21. The van der Waals surface area contributed by atoms with Gasteiger partial charge < -0.3 is 9.84 Å². The molecule has 1 atom stereocenters. The molecule has 4 heterocycles. The van der Waals surface area contributed by atoms with Crippen molar-refractivity contribution in [3.05, 3.63) is 34.7 Å². The molecule has 1 fully saturated rings. The van der Waals surface area contributed by atoms with Crippen LogP contribution >= 0.6 is 11.3 Å². The van der Waals surface area contributed by atoms with Gasteiger partial charge in [0.25, 0.3) is 0 Å². The normalized spacial score (nSPS) is 19.3. The van der Waals surface area contributed by atoms with Gasteiger partial charge in [-0.15, -0.1) is 11.3 Å². The molecule has 3 aromatic rings. The molecule has 128 valence electrons. The molecular weight excluding hydrogens is 324 g/mol. The summed E-state index contributed by atoms with van der Waals surface area (Å²) in [6.45, 7) is 7.63. The molecule has 0 aliphatic carbocycles. The third-order valence-corrected chi connectivity index (χ3v) is 5.32. The van der Waals surface area contributed by atoms with Crippen LogP contribution in [0.3, 0.4) is 0 Å². The maximum atomic E-state index is 5.06. The van der Waals surface area contributed by atoms with Crippen molar-refractivity contribution in [2.45, 2.75) is 45.8 Å². The average molecular weight is 346 g/mol. The largest absolute Gasteiger partial charge is 0.340 e. The monoisotopic (exact) mass is 346 g/mol. The van der Waals surface area contributed by atoms with Gasteiger partial charge in [-0.2, -0.15) is 4.98 Å². The van der Waals surface area contributed by atoms with Gasteiger partial charge in [0.1, 0.15) is 0 Å². The van der Waals surface area contributed by atoms with E-state index in [1.165, 1.54) is 18.5 Å². The number of aryl methyl sites for hydroxylation is 2. The fourth-order valence-corrected chi connectivity index (χ4v) is 4.14. The van der Waals surface area contributed by atoms with Crippen LogP contribution in [0.15, 0.2) is 16.1 Å². The molecule has 0 amide bonds. The highest BCUT2D eigenvalue weighted by atomic mass is 32.1. The van der Waals surface area contributed by atoms with Crippen molar-refractivity contribution in [2.24, 2.45) is 0 Å². The van der Waals surface area contributed by atoms with Crippen LogP contribution in [-0.2, 0) is 13.1 Å². The third kappa shape index (κ3) is 3.22. The molecule has 0 bridgehead atoms. The number of hydrogen-bond acceptors (Lipinski definition) is 7. The van der Waals surface area contributed by atoms with E-state index in [-0.39, 0.29) is 0 Å². The van der Waals surface area contributed by atoms with Gasteiger partial charge in [-0.3, -0.25) is 9.30 Å². The Bertz CT molecular complexity index is 822. The Morgan fingerprint density at radius 3 is 3.12 bits per heavy atom. The van der Waals surface area contributed by atoms with Gasteiger partial charge in [0.05, 0.1) is 17.9 Å². The minimum Gasteiger partial charge on any atom is -0.340 e. The Hall–Kier alpha value is -1.77. The van der Waals surface area contributed by atoms with Crippen LogP contribution in [-0.4, -0.2) is 43.6 Å². The van der Waals surface area contributed by atoms with Gasteiger partial charge in [-0.1, -0.05) is 5.16 Å². The van der Waals surface area contributed by atoms with E-state index in [0.29, 0.717) is 11.9 Å². The van der Waals surface area contributed by atoms with Crippen molar-refractivity contribution in [1.82, 2.24) is 29.7 Å². The summed E-state index contributed by atoms with van der Waals surface area (Å²) >= 11 is 1.68. The Balaban J connectivity index is 1.36. The van der Waals surface area contributed by atoms with E-state index in [1.807, 2.05) is 6.92 Å². The highest BCUT2D eigenvalue weighted by molar-refractivity contribution is 7.15. The van der Waals surface area contributed by atoms with Crippen molar-refractivity contribution in [3.63, 3.8) is 0 Å². The fourth-order valence-electron chi connectivity index (χ4n) is 3.37. The maximum Gasteiger partial charge on any atom is 0.223 e. The van der Waals surface area contributed by atoms with E-state index >= 15 is 0 Å². The first kappa shape index (κ1) is 15.7. The lowest BCUT2D eigenvalue weighted by Crippen LogP contribution is -2.45. The van der Waals surface area contributed by atoms with E-state index in [0.717, 1.165) is 42.7 Å². The van der Waals surface area contributed by atoms with Gasteiger partial charge in [-0.25, -0.2) is 4.98 Å². The van der Waals surface area contributed by atoms with Crippen LogP contribution in [0.4, 0.5) is 0 Å². The Morgan fingerprint density at radius 1 is 1.38 bits per heavy atom. The molecule has 7 nitrogen and oxygen atoms in total. The minimum absolute atomic E-state index is 0.482. The van der Waals surface area contributed by atoms with Crippen molar-refractivity contribution in [2.75, 3.05) is 13.1 Å². The molecule has 1 N–H and O–H groups in total. The molecule has 0 aromatic carbocycles. The second kappa shape index (κ2) is 6.62. The Morgan fingerprint density at radius 2 is 2.29 bits per heavy atom. The van der Waals surface area contributed by atoms with Gasteiger partial charge in [0.15, 0.2) is 10.8 Å². The number of hydrogen-bond donors (Lipinski definition) is 1. The number of nitrogens with one attached hydrogen (secondary N) is 1. The molecule has 0 unspecified atom stereocenters. The quantitative estimate of drug-likeness (QED) is 0.763. The molecular formula is C16H22N6OS. The highest BCUT2D eigenvalue weighted by Crippen LogP contribution is 2.18. The zero-order valence-electron chi connectivity index (χ0n) is 14.0. The molecule has 0 spiro atoms. The number of likely N-dealkylation sites (tertiary alicyclic amines) is 1. The first-order valence-corrected chi connectivity index (χ1v) is 9.23. The van der Waals surface area contributed by atoms with Gasteiger partial charge in [-0.05, 0) is 26.3 Å². The fraction of sp³-hybridized carbons (Fsp3) is 0.562. The molecule has 8 heteroatoms. The number of thiazole rings is 1. The van der Waals surface area contributed by atoms with Crippen LogP contribution in [0, 0.1) is 13.8 Å². The number of rotatable bonds is 5. The molecule has 3 aromatic heterocycles. The van der Waals surface area contributed by atoms with E-state index in [1.54, 1.807) is 11.3 Å². The van der Waals surface area contributed by atoms with Crippen LogP contribution in [0.1, 0.15) is 35.9 Å². The van der Waals surface area contributed by atoms with Crippen LogP contribution < -0.4 is 5.32 Å². The summed E-state index contributed by atoms with van der Waals surface area (Å²) in [5.41, 5.74) is 2.38. The molecule has 0 saturated carbocycles. The van der Waals surface area contributed by atoms with Crippen LogP contribution in [0.25, 0.3) is 4.96 Å². The minimum atomic E-state index is 0.482. The number of piperidine rings is 1. The smallest absolute Gasteiger partial charge is 0.223 e. The van der Waals surface area contributed by atoms with Gasteiger partial charge >= 0.3 is 0 Å². The predicted molar refractivity (Wildman–Crippen MR) is 92.0 cm³/mol. The number of fused-ring (bicyclic) bond motifs is 1. The first-order valence-electron chi connectivity index (χ1n) is 8.35. The molecule has 1 aliphatic rings. The zero-order valence-corrected chi connectivity index (χ0v) is 14.8. The first-order chi connectivity index (χ1) is 11.7. The summed E-state index contributed by atoms with van der Waals surface area (Å²) in [5.74, 6) is 1.41. The lowest BCUT2D eigenvalue weighted by Gasteiger charge is -2.32. The third-order valence-electron chi connectivity index (χ3n) is 4.56. The predicted octanol–water partition coefficient (Wildman–Crippen LogP) is 2.15.